The Morgan fingerprint density at radius 3 is 2.50 bits per heavy atom. The Bertz CT molecular complexity index is 352. The molecule has 1 rings (SSSR count). The van der Waals surface area contributed by atoms with Crippen molar-refractivity contribution in [2.75, 3.05) is 19.8 Å². The summed E-state index contributed by atoms with van der Waals surface area (Å²) < 4.78 is 5.34. The molecule has 3 N–H and O–H groups in total. The normalized spacial score (nSPS) is 24.4. The van der Waals surface area contributed by atoms with Gasteiger partial charge >= 0.3 is 5.97 Å². The van der Waals surface area contributed by atoms with Gasteiger partial charge in [-0.25, -0.2) is 4.79 Å². The molecular weight excluding hydrogens is 260 g/mol. The Morgan fingerprint density at radius 1 is 1.35 bits per heavy atom. The molecule has 1 amide bonds. The highest BCUT2D eigenvalue weighted by Crippen LogP contribution is 2.21. The minimum atomic E-state index is -1.01. The highest BCUT2D eigenvalue weighted by Gasteiger charge is 2.38. The largest absolute Gasteiger partial charge is 0.480 e. The molecule has 1 saturated heterocycles. The molecule has 116 valence electrons. The van der Waals surface area contributed by atoms with E-state index in [2.05, 4.69) is 17.6 Å². The van der Waals surface area contributed by atoms with E-state index in [0.29, 0.717) is 13.2 Å². The van der Waals surface area contributed by atoms with Crippen LogP contribution in [0.15, 0.2) is 0 Å². The Kier molecular flexibility index (Phi) is 5.95. The number of carboxylic acids is 1. The first kappa shape index (κ1) is 16.9. The van der Waals surface area contributed by atoms with Crippen molar-refractivity contribution in [1.29, 1.82) is 0 Å². The quantitative estimate of drug-likeness (QED) is 0.666. The second kappa shape index (κ2) is 7.04. The number of nitrogens with one attached hydrogen (secondary N) is 2. The SMILES string of the molecule is CCCNC1COCC1C(=O)NC(C(=O)O)C(C)(C)C. The molecule has 0 aliphatic carbocycles. The highest BCUT2D eigenvalue weighted by molar-refractivity contribution is 5.86. The Labute approximate surface area is 120 Å². The van der Waals surface area contributed by atoms with E-state index in [4.69, 9.17) is 4.74 Å². The Morgan fingerprint density at radius 2 is 2.00 bits per heavy atom. The van der Waals surface area contributed by atoms with E-state index in [9.17, 15) is 14.7 Å². The van der Waals surface area contributed by atoms with Crippen LogP contribution in [0.25, 0.3) is 0 Å². The van der Waals surface area contributed by atoms with Crippen LogP contribution in [0.2, 0.25) is 0 Å². The average Bonchev–Trinajstić information content (AvgIpc) is 2.79. The van der Waals surface area contributed by atoms with E-state index in [1.165, 1.54) is 0 Å². The van der Waals surface area contributed by atoms with Gasteiger partial charge in [-0.3, -0.25) is 4.79 Å². The Balaban J connectivity index is 2.66. The number of aliphatic carboxylic acids is 1. The van der Waals surface area contributed by atoms with Crippen LogP contribution in [0.4, 0.5) is 0 Å². The van der Waals surface area contributed by atoms with Crippen molar-refractivity contribution >= 4 is 11.9 Å². The van der Waals surface area contributed by atoms with Gasteiger partial charge in [-0.05, 0) is 18.4 Å². The monoisotopic (exact) mass is 286 g/mol. The lowest BCUT2D eigenvalue weighted by molar-refractivity contribution is -0.145. The summed E-state index contributed by atoms with van der Waals surface area (Å²) in [4.78, 5) is 23.6. The van der Waals surface area contributed by atoms with E-state index >= 15 is 0 Å². The number of carbonyl (C=O) groups is 2. The zero-order valence-electron chi connectivity index (χ0n) is 12.7. The summed E-state index contributed by atoms with van der Waals surface area (Å²) in [5.41, 5.74) is -0.534. The van der Waals surface area contributed by atoms with Gasteiger partial charge in [0.25, 0.3) is 0 Å². The summed E-state index contributed by atoms with van der Waals surface area (Å²) in [6, 6.07) is -0.938. The van der Waals surface area contributed by atoms with Crippen LogP contribution in [-0.4, -0.2) is 48.8 Å². The number of hydrogen-bond acceptors (Lipinski definition) is 4. The van der Waals surface area contributed by atoms with Crippen LogP contribution in [0.5, 0.6) is 0 Å². The van der Waals surface area contributed by atoms with E-state index in [-0.39, 0.29) is 17.9 Å². The second-order valence-corrected chi connectivity index (χ2v) is 6.35. The summed E-state index contributed by atoms with van der Waals surface area (Å²) in [5, 5.41) is 15.2. The summed E-state index contributed by atoms with van der Waals surface area (Å²) >= 11 is 0. The molecule has 1 aliphatic heterocycles. The fraction of sp³-hybridized carbons (Fsp3) is 0.857. The molecule has 20 heavy (non-hydrogen) atoms. The first-order valence-corrected chi connectivity index (χ1v) is 7.11. The smallest absolute Gasteiger partial charge is 0.326 e. The van der Waals surface area contributed by atoms with Crippen molar-refractivity contribution in [3.8, 4) is 0 Å². The molecule has 0 radical (unpaired) electrons. The molecule has 6 nitrogen and oxygen atoms in total. The molecule has 0 aromatic heterocycles. The molecule has 0 bridgehead atoms. The predicted molar refractivity (Wildman–Crippen MR) is 75.4 cm³/mol. The maximum Gasteiger partial charge on any atom is 0.326 e. The van der Waals surface area contributed by atoms with Crippen molar-refractivity contribution in [3.05, 3.63) is 0 Å². The third-order valence-corrected chi connectivity index (χ3v) is 3.47. The second-order valence-electron chi connectivity index (χ2n) is 6.35. The van der Waals surface area contributed by atoms with Gasteiger partial charge in [0.05, 0.1) is 19.1 Å². The van der Waals surface area contributed by atoms with Gasteiger partial charge in [-0.15, -0.1) is 0 Å². The minimum Gasteiger partial charge on any atom is -0.480 e. The van der Waals surface area contributed by atoms with Gasteiger partial charge in [0.2, 0.25) is 5.91 Å². The predicted octanol–water partition coefficient (Wildman–Crippen LogP) is 0.617. The van der Waals surface area contributed by atoms with Crippen LogP contribution in [0, 0.1) is 11.3 Å². The molecule has 0 spiro atoms. The van der Waals surface area contributed by atoms with E-state index in [0.717, 1.165) is 13.0 Å². The van der Waals surface area contributed by atoms with Crippen molar-refractivity contribution in [2.24, 2.45) is 11.3 Å². The molecule has 3 atom stereocenters. The number of amides is 1. The van der Waals surface area contributed by atoms with E-state index in [1.807, 2.05) is 0 Å². The standard InChI is InChI=1S/C14H26N2O4/c1-5-6-15-10-8-20-7-9(10)12(17)16-11(13(18)19)14(2,3)4/h9-11,15H,5-8H2,1-4H3,(H,16,17)(H,18,19). The lowest BCUT2D eigenvalue weighted by Crippen LogP contribution is -2.53. The van der Waals surface area contributed by atoms with Crippen LogP contribution < -0.4 is 10.6 Å². The third-order valence-electron chi connectivity index (χ3n) is 3.47. The average molecular weight is 286 g/mol. The van der Waals surface area contributed by atoms with Crippen molar-refractivity contribution in [1.82, 2.24) is 10.6 Å². The fourth-order valence-corrected chi connectivity index (χ4v) is 2.24. The van der Waals surface area contributed by atoms with Gasteiger partial charge in [-0.1, -0.05) is 27.7 Å². The van der Waals surface area contributed by atoms with E-state index in [1.54, 1.807) is 20.8 Å². The number of ether oxygens (including phenoxy) is 1. The molecule has 3 unspecified atom stereocenters. The first-order valence-electron chi connectivity index (χ1n) is 7.11. The maximum absolute atomic E-state index is 12.3. The van der Waals surface area contributed by atoms with Gasteiger partial charge in [0.15, 0.2) is 0 Å². The molecule has 6 heteroatoms. The van der Waals surface area contributed by atoms with Gasteiger partial charge in [0.1, 0.15) is 6.04 Å². The van der Waals surface area contributed by atoms with Gasteiger partial charge in [0, 0.05) is 6.04 Å². The zero-order valence-corrected chi connectivity index (χ0v) is 12.7. The minimum absolute atomic E-state index is 0.0376. The Hall–Kier alpha value is -1.14. The van der Waals surface area contributed by atoms with Gasteiger partial charge < -0.3 is 20.5 Å². The molecule has 0 aromatic carbocycles. The first-order chi connectivity index (χ1) is 9.27. The molecule has 1 fully saturated rings. The van der Waals surface area contributed by atoms with Crippen molar-refractivity contribution in [3.63, 3.8) is 0 Å². The lowest BCUT2D eigenvalue weighted by Gasteiger charge is -2.29. The van der Waals surface area contributed by atoms with Gasteiger partial charge in [-0.2, -0.15) is 0 Å². The summed E-state index contributed by atoms with van der Waals surface area (Å²) in [6.45, 7) is 9.09. The van der Waals surface area contributed by atoms with E-state index < -0.39 is 17.4 Å². The van der Waals surface area contributed by atoms with Crippen LogP contribution in [0.1, 0.15) is 34.1 Å². The summed E-state index contributed by atoms with van der Waals surface area (Å²) in [7, 11) is 0. The van der Waals surface area contributed by atoms with Crippen molar-refractivity contribution in [2.45, 2.75) is 46.2 Å². The summed E-state index contributed by atoms with van der Waals surface area (Å²) in [6.07, 6.45) is 0.977. The van der Waals surface area contributed by atoms with Crippen molar-refractivity contribution < 1.29 is 19.4 Å². The molecular formula is C14H26N2O4. The number of carbonyl (C=O) groups excluding carboxylic acids is 1. The number of rotatable bonds is 6. The molecule has 1 heterocycles. The van der Waals surface area contributed by atoms with Crippen LogP contribution >= 0.6 is 0 Å². The zero-order chi connectivity index (χ0) is 15.3. The fourth-order valence-electron chi connectivity index (χ4n) is 2.24. The lowest BCUT2D eigenvalue weighted by atomic mass is 9.86. The molecule has 0 saturated carbocycles. The third kappa shape index (κ3) is 4.45. The maximum atomic E-state index is 12.3. The number of carboxylic acid groups (broad SMARTS) is 1. The molecule has 1 aliphatic rings. The highest BCUT2D eigenvalue weighted by atomic mass is 16.5. The molecule has 0 aromatic rings. The van der Waals surface area contributed by atoms with Crippen LogP contribution in [-0.2, 0) is 14.3 Å². The summed E-state index contributed by atoms with van der Waals surface area (Å²) in [5.74, 6) is -1.59. The number of hydrogen-bond donors (Lipinski definition) is 3. The topological polar surface area (TPSA) is 87.7 Å². The van der Waals surface area contributed by atoms with Crippen LogP contribution in [0.3, 0.4) is 0 Å².